The molecule has 1 aliphatic rings. The Morgan fingerprint density at radius 3 is 1.37 bits per heavy atom. The number of aliphatic hydroxyl groups is 4. The van der Waals surface area contributed by atoms with Crippen LogP contribution in [0.4, 0.5) is 0 Å². The topological polar surface area (TPSA) is 135 Å². The summed E-state index contributed by atoms with van der Waals surface area (Å²) in [6, 6.07) is 0. The molecule has 0 radical (unpaired) electrons. The van der Waals surface area contributed by atoms with E-state index in [2.05, 4.69) is 38.2 Å². The quantitative estimate of drug-likeness (QED) is 0.0267. The van der Waals surface area contributed by atoms with E-state index in [9.17, 15) is 25.2 Å². The van der Waals surface area contributed by atoms with Gasteiger partial charge >= 0.3 is 5.97 Å². The molecule has 1 fully saturated rings. The molecule has 0 saturated carbocycles. The molecule has 1 aliphatic heterocycles. The fourth-order valence-electron chi connectivity index (χ4n) is 8.41. The molecule has 63 heavy (non-hydrogen) atoms. The third-order valence-electron chi connectivity index (χ3n) is 12.6. The van der Waals surface area contributed by atoms with Crippen LogP contribution in [0.1, 0.15) is 251 Å². The SMILES string of the molecule is CCCCCCC/C=C\C/C=C\CCCCCCCCCCCCCCOCC(COC1OC(CO)C(O)C(O)C1O)OC(=O)CCCCCCCCCCCCCCCCCC. The second kappa shape index (κ2) is 45.8. The van der Waals surface area contributed by atoms with Crippen molar-refractivity contribution in [1.82, 2.24) is 0 Å². The molecule has 372 valence electrons. The van der Waals surface area contributed by atoms with E-state index < -0.39 is 43.4 Å². The van der Waals surface area contributed by atoms with Gasteiger partial charge in [-0.15, -0.1) is 0 Å². The van der Waals surface area contributed by atoms with Crippen LogP contribution in [0.15, 0.2) is 24.3 Å². The Labute approximate surface area is 387 Å². The van der Waals surface area contributed by atoms with E-state index in [1.165, 1.54) is 193 Å². The lowest BCUT2D eigenvalue weighted by Gasteiger charge is -2.39. The Hall–Kier alpha value is -1.33. The minimum absolute atomic E-state index is 0.109. The van der Waals surface area contributed by atoms with Crippen molar-refractivity contribution in [3.63, 3.8) is 0 Å². The molecular formula is C54H102O9. The van der Waals surface area contributed by atoms with Gasteiger partial charge in [-0.2, -0.15) is 0 Å². The summed E-state index contributed by atoms with van der Waals surface area (Å²) in [5, 5.41) is 40.3. The van der Waals surface area contributed by atoms with Crippen LogP contribution < -0.4 is 0 Å². The molecule has 0 aliphatic carbocycles. The molecule has 1 rings (SSSR count). The van der Waals surface area contributed by atoms with Crippen LogP contribution in [0.2, 0.25) is 0 Å². The zero-order chi connectivity index (χ0) is 45.7. The number of aliphatic hydroxyl groups excluding tert-OH is 4. The maximum atomic E-state index is 12.8. The zero-order valence-electron chi connectivity index (χ0n) is 41.1. The smallest absolute Gasteiger partial charge is 0.306 e. The third-order valence-corrected chi connectivity index (χ3v) is 12.6. The van der Waals surface area contributed by atoms with Gasteiger partial charge in [0.15, 0.2) is 6.29 Å². The van der Waals surface area contributed by atoms with E-state index in [-0.39, 0.29) is 19.2 Å². The van der Waals surface area contributed by atoms with Crippen LogP contribution in [-0.2, 0) is 23.7 Å². The van der Waals surface area contributed by atoms with Crippen molar-refractivity contribution in [3.05, 3.63) is 24.3 Å². The molecule has 0 bridgehead atoms. The number of ether oxygens (including phenoxy) is 4. The van der Waals surface area contributed by atoms with E-state index >= 15 is 0 Å². The summed E-state index contributed by atoms with van der Waals surface area (Å²) >= 11 is 0. The molecule has 0 spiro atoms. The molecule has 4 N–H and O–H groups in total. The van der Waals surface area contributed by atoms with Crippen molar-refractivity contribution in [2.24, 2.45) is 0 Å². The van der Waals surface area contributed by atoms with Gasteiger partial charge in [-0.3, -0.25) is 4.79 Å². The van der Waals surface area contributed by atoms with Gasteiger partial charge in [0.05, 0.1) is 19.8 Å². The Balaban J connectivity index is 2.16. The minimum atomic E-state index is -1.53. The van der Waals surface area contributed by atoms with Gasteiger partial charge in [0.25, 0.3) is 0 Å². The summed E-state index contributed by atoms with van der Waals surface area (Å²) in [4.78, 5) is 12.8. The molecule has 0 aromatic heterocycles. The van der Waals surface area contributed by atoms with E-state index in [4.69, 9.17) is 18.9 Å². The Kier molecular flexibility index (Phi) is 43.4. The van der Waals surface area contributed by atoms with Crippen LogP contribution in [0, 0.1) is 0 Å². The van der Waals surface area contributed by atoms with Crippen LogP contribution in [0.3, 0.4) is 0 Å². The summed E-state index contributed by atoms with van der Waals surface area (Å²) in [6.45, 7) is 4.59. The van der Waals surface area contributed by atoms with E-state index in [0.29, 0.717) is 13.0 Å². The first-order chi connectivity index (χ1) is 30.9. The van der Waals surface area contributed by atoms with Gasteiger partial charge in [-0.1, -0.05) is 224 Å². The predicted octanol–water partition coefficient (Wildman–Crippen LogP) is 13.3. The van der Waals surface area contributed by atoms with Gasteiger partial charge in [0.1, 0.15) is 30.5 Å². The molecule has 0 aromatic rings. The number of hydrogen-bond donors (Lipinski definition) is 4. The first-order valence-electron chi connectivity index (χ1n) is 26.9. The maximum absolute atomic E-state index is 12.8. The lowest BCUT2D eigenvalue weighted by Crippen LogP contribution is -2.59. The summed E-state index contributed by atoms with van der Waals surface area (Å²) in [5.74, 6) is -0.309. The molecule has 6 unspecified atom stereocenters. The summed E-state index contributed by atoms with van der Waals surface area (Å²) < 4.78 is 22.9. The molecule has 1 heterocycles. The zero-order valence-corrected chi connectivity index (χ0v) is 41.1. The third kappa shape index (κ3) is 36.5. The maximum Gasteiger partial charge on any atom is 0.306 e. The summed E-state index contributed by atoms with van der Waals surface area (Å²) in [5.41, 5.74) is 0. The highest BCUT2D eigenvalue weighted by Crippen LogP contribution is 2.23. The van der Waals surface area contributed by atoms with Crippen molar-refractivity contribution < 1.29 is 44.2 Å². The first kappa shape index (κ1) is 59.7. The second-order valence-electron chi connectivity index (χ2n) is 18.7. The molecule has 6 atom stereocenters. The molecular weight excluding hydrogens is 793 g/mol. The predicted molar refractivity (Wildman–Crippen MR) is 261 cm³/mol. The van der Waals surface area contributed by atoms with Crippen LogP contribution in [0.5, 0.6) is 0 Å². The number of hydrogen-bond acceptors (Lipinski definition) is 9. The van der Waals surface area contributed by atoms with Gasteiger partial charge in [-0.05, 0) is 44.9 Å². The second-order valence-corrected chi connectivity index (χ2v) is 18.7. The molecule has 0 amide bonds. The Bertz CT molecular complexity index is 1020. The van der Waals surface area contributed by atoms with E-state index in [1.807, 2.05) is 0 Å². The molecule has 1 saturated heterocycles. The standard InChI is InChI=1S/C54H102O9/c1-3-5-7-9-11-13-15-17-19-21-22-23-24-25-26-27-28-30-32-34-36-38-40-42-44-60-46-48(47-61-54-53(59)52(58)51(57)49(45-55)63-54)62-50(56)43-41-39-37-35-33-31-29-20-18-16-14-12-10-8-6-4-2/h15,17,21-22,48-49,51-55,57-59H,3-14,16,18-20,23-47H2,1-2H3/b17-15-,22-21-. The first-order valence-corrected chi connectivity index (χ1v) is 26.9. The van der Waals surface area contributed by atoms with Crippen LogP contribution >= 0.6 is 0 Å². The van der Waals surface area contributed by atoms with E-state index in [1.54, 1.807) is 0 Å². The lowest BCUT2D eigenvalue weighted by molar-refractivity contribution is -0.305. The summed E-state index contributed by atoms with van der Waals surface area (Å²) in [7, 11) is 0. The number of carbonyl (C=O) groups excluding carboxylic acids is 1. The van der Waals surface area contributed by atoms with Crippen molar-refractivity contribution in [2.75, 3.05) is 26.4 Å². The number of allylic oxidation sites excluding steroid dienone is 4. The minimum Gasteiger partial charge on any atom is -0.457 e. The highest BCUT2D eigenvalue weighted by molar-refractivity contribution is 5.69. The van der Waals surface area contributed by atoms with Crippen molar-refractivity contribution in [2.45, 2.75) is 288 Å². The number of unbranched alkanes of at least 4 members (excludes halogenated alkanes) is 32. The van der Waals surface area contributed by atoms with Gasteiger partial charge < -0.3 is 39.4 Å². The average molecular weight is 895 g/mol. The van der Waals surface area contributed by atoms with Gasteiger partial charge in [0, 0.05) is 13.0 Å². The van der Waals surface area contributed by atoms with Crippen LogP contribution in [-0.4, -0.2) is 89.6 Å². The molecule has 9 nitrogen and oxygen atoms in total. The average Bonchev–Trinajstić information content (AvgIpc) is 3.28. The van der Waals surface area contributed by atoms with Gasteiger partial charge in [0.2, 0.25) is 0 Å². The summed E-state index contributed by atoms with van der Waals surface area (Å²) in [6.07, 6.45) is 47.9. The number of rotatable bonds is 47. The Morgan fingerprint density at radius 1 is 0.508 bits per heavy atom. The van der Waals surface area contributed by atoms with Gasteiger partial charge in [-0.25, -0.2) is 0 Å². The molecule has 9 heteroatoms. The number of esters is 1. The lowest BCUT2D eigenvalue weighted by atomic mass is 9.99. The fraction of sp³-hybridized carbons (Fsp3) is 0.907. The normalized spacial score (nSPS) is 19.7. The number of carbonyl (C=O) groups is 1. The highest BCUT2D eigenvalue weighted by Gasteiger charge is 2.44. The van der Waals surface area contributed by atoms with Crippen LogP contribution in [0.25, 0.3) is 0 Å². The fourth-order valence-corrected chi connectivity index (χ4v) is 8.41. The highest BCUT2D eigenvalue weighted by atomic mass is 16.7. The van der Waals surface area contributed by atoms with Crippen molar-refractivity contribution >= 4 is 5.97 Å². The largest absolute Gasteiger partial charge is 0.457 e. The Morgan fingerprint density at radius 2 is 0.921 bits per heavy atom. The monoisotopic (exact) mass is 895 g/mol. The van der Waals surface area contributed by atoms with E-state index in [0.717, 1.165) is 38.5 Å². The van der Waals surface area contributed by atoms with Crippen molar-refractivity contribution in [1.29, 1.82) is 0 Å². The molecule has 0 aromatic carbocycles. The van der Waals surface area contributed by atoms with Crippen molar-refractivity contribution in [3.8, 4) is 0 Å².